The first-order valence-corrected chi connectivity index (χ1v) is 7.50. The largest absolute Gasteiger partial charge is 0.478 e. The second-order valence-electron chi connectivity index (χ2n) is 5.59. The van der Waals surface area contributed by atoms with Gasteiger partial charge in [-0.3, -0.25) is 0 Å². The summed E-state index contributed by atoms with van der Waals surface area (Å²) in [6.07, 6.45) is -21.0. The Kier molecular flexibility index (Phi) is 10.8. The van der Waals surface area contributed by atoms with Gasteiger partial charge in [0.05, 0.1) is 13.2 Å². The van der Waals surface area contributed by atoms with Gasteiger partial charge in [-0.15, -0.1) is 0 Å². The van der Waals surface area contributed by atoms with Crippen molar-refractivity contribution in [1.29, 1.82) is 0 Å². The van der Waals surface area contributed by atoms with Gasteiger partial charge in [0, 0.05) is 0 Å². The summed E-state index contributed by atoms with van der Waals surface area (Å²) in [7, 11) is 0. The number of carbonyl (C=O) groups excluding carboxylic acids is 1. The molecule has 0 spiro atoms. The Labute approximate surface area is 151 Å². The normalized spacial score (nSPS) is 21.9. The number of hydrogen-bond donors (Lipinski definition) is 11. The van der Waals surface area contributed by atoms with Crippen molar-refractivity contribution in [2.45, 2.75) is 54.9 Å². The number of aliphatic hydroxyl groups is 10. The molecule has 0 fully saturated rings. The number of carbonyl (C=O) groups is 2. The lowest BCUT2D eigenvalue weighted by atomic mass is 9.99. The Morgan fingerprint density at radius 3 is 1.44 bits per heavy atom. The summed E-state index contributed by atoms with van der Waals surface area (Å²) >= 11 is 0. The van der Waals surface area contributed by atoms with Crippen molar-refractivity contribution >= 4 is 11.9 Å². The number of aliphatic hydroxyl groups excluding tert-OH is 10. The summed E-state index contributed by atoms with van der Waals surface area (Å²) in [6, 6.07) is 0. The van der Waals surface area contributed by atoms with E-state index in [0.29, 0.717) is 0 Å². The summed E-state index contributed by atoms with van der Waals surface area (Å²) in [6.45, 7) is -2.10. The molecule has 14 heteroatoms. The molecule has 0 heterocycles. The molecule has 0 aliphatic carbocycles. The van der Waals surface area contributed by atoms with Gasteiger partial charge in [0.15, 0.2) is 6.10 Å². The molecule has 9 atom stereocenters. The fraction of sp³-hybridized carbons (Fsp3) is 0.846. The molecule has 0 aliphatic heterocycles. The maximum Gasteiger partial charge on any atom is 0.347 e. The van der Waals surface area contributed by atoms with Crippen LogP contribution in [0.3, 0.4) is 0 Å². The van der Waals surface area contributed by atoms with E-state index >= 15 is 0 Å². The van der Waals surface area contributed by atoms with Crippen LogP contribution in [0.5, 0.6) is 0 Å². The zero-order valence-corrected chi connectivity index (χ0v) is 13.8. The Balaban J connectivity index is 5.18. The lowest BCUT2D eigenvalue weighted by Gasteiger charge is -2.30. The van der Waals surface area contributed by atoms with Crippen LogP contribution in [-0.2, 0) is 14.3 Å². The highest BCUT2D eigenvalue weighted by molar-refractivity contribution is 5.81. The van der Waals surface area contributed by atoms with Crippen LogP contribution in [0.1, 0.15) is 0 Å². The highest BCUT2D eigenvalue weighted by Gasteiger charge is 2.43. The van der Waals surface area contributed by atoms with Crippen LogP contribution in [0.4, 0.5) is 0 Å². The predicted molar refractivity (Wildman–Crippen MR) is 79.7 cm³/mol. The van der Waals surface area contributed by atoms with Crippen molar-refractivity contribution in [3.63, 3.8) is 0 Å². The molecule has 0 aromatic heterocycles. The van der Waals surface area contributed by atoms with Crippen LogP contribution in [0, 0.1) is 0 Å². The maximum absolute atomic E-state index is 11.7. The summed E-state index contributed by atoms with van der Waals surface area (Å²) < 4.78 is 4.24. The third-order valence-corrected chi connectivity index (χ3v) is 3.57. The van der Waals surface area contributed by atoms with Crippen LogP contribution in [0.15, 0.2) is 0 Å². The van der Waals surface area contributed by atoms with Gasteiger partial charge in [-0.25, -0.2) is 9.59 Å². The van der Waals surface area contributed by atoms with Gasteiger partial charge in [0.1, 0.15) is 42.7 Å². The fourth-order valence-corrected chi connectivity index (χ4v) is 1.84. The quantitative estimate of drug-likeness (QED) is 0.135. The number of carboxylic acids is 1. The molecule has 0 radical (unpaired) electrons. The minimum Gasteiger partial charge on any atom is -0.478 e. The third kappa shape index (κ3) is 6.89. The van der Waals surface area contributed by atoms with Gasteiger partial charge >= 0.3 is 11.9 Å². The summed E-state index contributed by atoms with van der Waals surface area (Å²) in [5, 5.41) is 102. The molecule has 0 aromatic carbocycles. The van der Waals surface area contributed by atoms with Crippen molar-refractivity contribution in [3.8, 4) is 0 Å². The SMILES string of the molecule is O=C(O[C@H](C(=O)O)[C@@H](O)[C@@H](O)[C@H](O)[C@@H](O)CO)[C@@H](O)[C@H](O)[C@@H](O)[C@@H](O)CO. The van der Waals surface area contributed by atoms with E-state index in [2.05, 4.69) is 4.74 Å². The van der Waals surface area contributed by atoms with Gasteiger partial charge in [0.25, 0.3) is 0 Å². The molecule has 0 aromatic rings. The summed E-state index contributed by atoms with van der Waals surface area (Å²) in [5.41, 5.74) is 0. The predicted octanol–water partition coefficient (Wildman–Crippen LogP) is -7.15. The van der Waals surface area contributed by atoms with Gasteiger partial charge in [-0.1, -0.05) is 0 Å². The zero-order valence-electron chi connectivity index (χ0n) is 13.8. The lowest BCUT2D eigenvalue weighted by Crippen LogP contribution is -2.55. The Hall–Kier alpha value is -1.46. The number of rotatable bonds is 12. The van der Waals surface area contributed by atoms with Crippen LogP contribution in [0.2, 0.25) is 0 Å². The van der Waals surface area contributed by atoms with Crippen molar-refractivity contribution in [2.75, 3.05) is 13.2 Å². The molecule has 11 N–H and O–H groups in total. The molecule has 0 bridgehead atoms. The van der Waals surface area contributed by atoms with Crippen molar-refractivity contribution in [2.24, 2.45) is 0 Å². The monoisotopic (exact) mass is 404 g/mol. The van der Waals surface area contributed by atoms with E-state index in [0.717, 1.165) is 0 Å². The molecule has 0 saturated carbocycles. The van der Waals surface area contributed by atoms with E-state index < -0.39 is 80.1 Å². The Morgan fingerprint density at radius 2 is 1.07 bits per heavy atom. The third-order valence-electron chi connectivity index (χ3n) is 3.57. The second-order valence-corrected chi connectivity index (χ2v) is 5.59. The summed E-state index contributed by atoms with van der Waals surface area (Å²) in [5.74, 6) is -3.96. The Bertz CT molecular complexity index is 472. The first-order chi connectivity index (χ1) is 12.4. The van der Waals surface area contributed by atoms with Gasteiger partial charge in [-0.05, 0) is 0 Å². The van der Waals surface area contributed by atoms with Crippen LogP contribution < -0.4 is 0 Å². The fourth-order valence-electron chi connectivity index (χ4n) is 1.84. The number of ether oxygens (including phenoxy) is 1. The van der Waals surface area contributed by atoms with E-state index in [1.165, 1.54) is 0 Å². The molecule has 0 amide bonds. The van der Waals surface area contributed by atoms with E-state index in [1.807, 2.05) is 0 Å². The molecule has 0 rings (SSSR count). The van der Waals surface area contributed by atoms with E-state index in [1.54, 1.807) is 0 Å². The van der Waals surface area contributed by atoms with Gasteiger partial charge in [-0.2, -0.15) is 0 Å². The molecule has 160 valence electrons. The van der Waals surface area contributed by atoms with Crippen LogP contribution in [0.25, 0.3) is 0 Å². The van der Waals surface area contributed by atoms with Crippen molar-refractivity contribution in [3.05, 3.63) is 0 Å². The zero-order chi connectivity index (χ0) is 21.5. The molecule has 14 nitrogen and oxygen atoms in total. The topological polar surface area (TPSA) is 266 Å². The molecular weight excluding hydrogens is 380 g/mol. The number of carboxylic acid groups (broad SMARTS) is 1. The van der Waals surface area contributed by atoms with E-state index in [4.69, 9.17) is 20.4 Å². The van der Waals surface area contributed by atoms with Gasteiger partial charge in [0.2, 0.25) is 6.10 Å². The molecule has 0 saturated heterocycles. The van der Waals surface area contributed by atoms with E-state index in [-0.39, 0.29) is 0 Å². The molecule has 0 aliphatic rings. The molecular formula is C13H24O14. The first-order valence-electron chi connectivity index (χ1n) is 7.50. The highest BCUT2D eigenvalue weighted by atomic mass is 16.6. The highest BCUT2D eigenvalue weighted by Crippen LogP contribution is 2.14. The second kappa shape index (κ2) is 11.4. The first kappa shape index (κ1) is 25.5. The minimum atomic E-state index is -2.62. The standard InChI is InChI=1S/C13H24O14/c14-1-3(16)5(18)7(20)9(22)11(12(24)25)27-13(26)10(23)8(21)6(19)4(17)2-15/h3-11,14-23H,1-2H2,(H,24,25)/t3-,4-,5+,6-,7-,8+,9-,10-,11-/m0/s1. The van der Waals surface area contributed by atoms with Gasteiger partial charge < -0.3 is 60.9 Å². The average molecular weight is 404 g/mol. The average Bonchev–Trinajstić information content (AvgIpc) is 2.66. The van der Waals surface area contributed by atoms with Crippen LogP contribution >= 0.6 is 0 Å². The minimum absolute atomic E-state index is 1.05. The van der Waals surface area contributed by atoms with Crippen LogP contribution in [-0.4, -0.2) is 136 Å². The van der Waals surface area contributed by atoms with Crippen molar-refractivity contribution < 1.29 is 70.5 Å². The molecule has 0 unspecified atom stereocenters. The number of aliphatic carboxylic acids is 1. The molecule has 27 heavy (non-hydrogen) atoms. The van der Waals surface area contributed by atoms with E-state index in [9.17, 15) is 45.3 Å². The maximum atomic E-state index is 11.7. The van der Waals surface area contributed by atoms with Crippen molar-refractivity contribution in [1.82, 2.24) is 0 Å². The number of hydrogen-bond acceptors (Lipinski definition) is 13. The summed E-state index contributed by atoms with van der Waals surface area (Å²) in [4.78, 5) is 22.8. The smallest absolute Gasteiger partial charge is 0.347 e. The Morgan fingerprint density at radius 1 is 0.667 bits per heavy atom. The lowest BCUT2D eigenvalue weighted by molar-refractivity contribution is -0.197. The number of esters is 1.